The van der Waals surface area contributed by atoms with Crippen LogP contribution in [0.15, 0.2) is 54.6 Å². The van der Waals surface area contributed by atoms with Gasteiger partial charge >= 0.3 is 12.4 Å². The molecule has 2 aromatic carbocycles. The third kappa shape index (κ3) is 4.13. The number of hydrogen-bond acceptors (Lipinski definition) is 1. The summed E-state index contributed by atoms with van der Waals surface area (Å²) in [6, 6.07) is 11.8. The summed E-state index contributed by atoms with van der Waals surface area (Å²) in [6.45, 7) is 0.632. The van der Waals surface area contributed by atoms with Crippen molar-refractivity contribution < 1.29 is 26.3 Å². The Morgan fingerprint density at radius 1 is 0.800 bits per heavy atom. The summed E-state index contributed by atoms with van der Waals surface area (Å²) >= 11 is 0. The number of hydrogen-bond donors (Lipinski definition) is 0. The van der Waals surface area contributed by atoms with Crippen LogP contribution in [0, 0.1) is 0 Å². The van der Waals surface area contributed by atoms with Gasteiger partial charge in [0.2, 0.25) is 0 Å². The van der Waals surface area contributed by atoms with Crippen LogP contribution in [0.3, 0.4) is 0 Å². The van der Waals surface area contributed by atoms with E-state index in [4.69, 9.17) is 0 Å². The molecule has 1 nitrogen and oxygen atoms in total. The number of nitrogens with zero attached hydrogens (tertiary/aromatic N) is 1. The number of piperidine rings is 1. The third-order valence-electron chi connectivity index (χ3n) is 5.99. The minimum Gasteiger partial charge on any atom is -0.289 e. The molecular formula is C23H21F6N. The maximum Gasteiger partial charge on any atom is 0.417 e. The first kappa shape index (κ1) is 21.0. The Labute approximate surface area is 171 Å². The molecular weight excluding hydrogens is 404 g/mol. The lowest BCUT2D eigenvalue weighted by molar-refractivity contribution is -0.143. The predicted molar refractivity (Wildman–Crippen MR) is 102 cm³/mol. The summed E-state index contributed by atoms with van der Waals surface area (Å²) in [4.78, 5) is 2.21. The molecule has 2 atom stereocenters. The van der Waals surface area contributed by atoms with Crippen LogP contribution in [0.1, 0.15) is 47.9 Å². The van der Waals surface area contributed by atoms with Crippen LogP contribution < -0.4 is 0 Å². The molecule has 160 valence electrons. The molecule has 0 spiro atoms. The van der Waals surface area contributed by atoms with Crippen LogP contribution in [0.5, 0.6) is 0 Å². The van der Waals surface area contributed by atoms with Crippen molar-refractivity contribution in [2.45, 2.75) is 56.7 Å². The topological polar surface area (TPSA) is 3.24 Å². The maximum absolute atomic E-state index is 13.6. The highest BCUT2D eigenvalue weighted by Gasteiger charge is 2.43. The van der Waals surface area contributed by atoms with Crippen molar-refractivity contribution in [3.05, 3.63) is 76.9 Å². The molecule has 1 fully saturated rings. The van der Waals surface area contributed by atoms with E-state index in [1.54, 1.807) is 6.08 Å². The quantitative estimate of drug-likeness (QED) is 0.482. The van der Waals surface area contributed by atoms with Crippen LogP contribution >= 0.6 is 0 Å². The van der Waals surface area contributed by atoms with Crippen molar-refractivity contribution >= 4 is 5.57 Å². The van der Waals surface area contributed by atoms with Crippen molar-refractivity contribution in [2.75, 3.05) is 0 Å². The van der Waals surface area contributed by atoms with E-state index in [-0.39, 0.29) is 24.1 Å². The fraction of sp³-hybridized carbons (Fsp3) is 0.391. The first-order valence-electron chi connectivity index (χ1n) is 9.93. The molecule has 0 aliphatic carbocycles. The van der Waals surface area contributed by atoms with E-state index in [1.807, 2.05) is 30.3 Å². The van der Waals surface area contributed by atoms with Crippen molar-refractivity contribution in [2.24, 2.45) is 0 Å². The monoisotopic (exact) mass is 425 g/mol. The lowest BCUT2D eigenvalue weighted by atomic mass is 9.80. The van der Waals surface area contributed by atoms with E-state index >= 15 is 0 Å². The highest BCUT2D eigenvalue weighted by atomic mass is 19.4. The smallest absolute Gasteiger partial charge is 0.289 e. The van der Waals surface area contributed by atoms with Crippen LogP contribution in [0.2, 0.25) is 0 Å². The van der Waals surface area contributed by atoms with Crippen molar-refractivity contribution in [1.29, 1.82) is 0 Å². The first-order chi connectivity index (χ1) is 14.1. The van der Waals surface area contributed by atoms with E-state index in [1.165, 1.54) is 0 Å². The van der Waals surface area contributed by atoms with Gasteiger partial charge in [0.05, 0.1) is 11.1 Å². The van der Waals surface area contributed by atoms with Gasteiger partial charge in [0, 0.05) is 24.2 Å². The van der Waals surface area contributed by atoms with Crippen LogP contribution in [0.4, 0.5) is 26.3 Å². The number of fused-ring (bicyclic) bond motifs is 2. The molecule has 0 N–H and O–H groups in total. The summed E-state index contributed by atoms with van der Waals surface area (Å²) < 4.78 is 81.7. The van der Waals surface area contributed by atoms with Gasteiger partial charge in [-0.2, -0.15) is 26.3 Å². The second-order valence-electron chi connectivity index (χ2n) is 7.93. The third-order valence-corrected chi connectivity index (χ3v) is 5.99. The number of alkyl halides is 6. The Morgan fingerprint density at radius 3 is 2.00 bits per heavy atom. The van der Waals surface area contributed by atoms with Gasteiger partial charge in [0.1, 0.15) is 0 Å². The normalized spacial score (nSPS) is 22.7. The Kier molecular flexibility index (Phi) is 5.43. The van der Waals surface area contributed by atoms with Gasteiger partial charge in [-0.05, 0) is 42.5 Å². The highest BCUT2D eigenvalue weighted by Crippen LogP contribution is 2.46. The maximum atomic E-state index is 13.6. The van der Waals surface area contributed by atoms with Gasteiger partial charge in [0.25, 0.3) is 0 Å². The summed E-state index contributed by atoms with van der Waals surface area (Å²) in [6.07, 6.45) is -5.49. The molecule has 0 radical (unpaired) electrons. The summed E-state index contributed by atoms with van der Waals surface area (Å²) in [5, 5.41) is 0. The molecule has 0 amide bonds. The van der Waals surface area contributed by atoms with Gasteiger partial charge in [0.15, 0.2) is 0 Å². The van der Waals surface area contributed by atoms with E-state index in [0.29, 0.717) is 6.54 Å². The van der Waals surface area contributed by atoms with Gasteiger partial charge in [-0.1, -0.05) is 48.9 Å². The SMILES string of the molecule is FC(F)(F)c1cccc(C(F)(F)F)c1C1=CC2CCCC(C1)N2Cc1ccccc1. The van der Waals surface area contributed by atoms with E-state index in [0.717, 1.165) is 43.0 Å². The summed E-state index contributed by atoms with van der Waals surface area (Å²) in [5.41, 5.74) is -1.88. The lowest BCUT2D eigenvalue weighted by Gasteiger charge is -2.45. The lowest BCUT2D eigenvalue weighted by Crippen LogP contribution is -2.47. The minimum atomic E-state index is -4.85. The Morgan fingerprint density at radius 2 is 1.43 bits per heavy atom. The van der Waals surface area contributed by atoms with Crippen molar-refractivity contribution in [3.8, 4) is 0 Å². The number of halogens is 6. The average Bonchev–Trinajstić information content (AvgIpc) is 2.66. The second-order valence-corrected chi connectivity index (χ2v) is 7.93. The van der Waals surface area contributed by atoms with E-state index in [9.17, 15) is 26.3 Å². The fourth-order valence-corrected chi connectivity index (χ4v) is 4.71. The van der Waals surface area contributed by atoms with Crippen molar-refractivity contribution in [1.82, 2.24) is 4.90 Å². The molecule has 2 aliphatic rings. The molecule has 2 unspecified atom stereocenters. The summed E-state index contributed by atoms with van der Waals surface area (Å²) in [7, 11) is 0. The molecule has 1 saturated heterocycles. The largest absolute Gasteiger partial charge is 0.417 e. The Balaban J connectivity index is 1.77. The molecule has 2 bridgehead atoms. The summed E-state index contributed by atoms with van der Waals surface area (Å²) in [5.74, 6) is 0. The van der Waals surface area contributed by atoms with Gasteiger partial charge < -0.3 is 0 Å². The highest BCUT2D eigenvalue weighted by molar-refractivity contribution is 5.74. The minimum absolute atomic E-state index is 0.0775. The van der Waals surface area contributed by atoms with Crippen LogP contribution in [-0.4, -0.2) is 17.0 Å². The molecule has 0 saturated carbocycles. The molecule has 30 heavy (non-hydrogen) atoms. The Hall–Kier alpha value is -2.28. The number of benzene rings is 2. The molecule has 2 heterocycles. The second kappa shape index (κ2) is 7.76. The molecule has 2 aliphatic heterocycles. The zero-order valence-electron chi connectivity index (χ0n) is 16.1. The predicted octanol–water partition coefficient (Wildman–Crippen LogP) is 6.93. The van der Waals surface area contributed by atoms with E-state index < -0.39 is 29.0 Å². The molecule has 2 aromatic rings. The fourth-order valence-electron chi connectivity index (χ4n) is 4.71. The zero-order chi connectivity index (χ0) is 21.5. The Bertz CT molecular complexity index is 897. The van der Waals surface area contributed by atoms with Crippen LogP contribution in [0.25, 0.3) is 5.57 Å². The molecule has 0 aromatic heterocycles. The molecule has 4 rings (SSSR count). The standard InChI is InChI=1S/C23H21F6N/c24-22(25,26)19-10-5-11-20(23(27,28)29)21(19)16-12-17-8-4-9-18(13-16)30(17)14-15-6-2-1-3-7-15/h1-3,5-7,10-12,17-18H,4,8-9,13-14H2. The first-order valence-corrected chi connectivity index (χ1v) is 9.93. The van der Waals surface area contributed by atoms with Gasteiger partial charge in [-0.15, -0.1) is 0 Å². The van der Waals surface area contributed by atoms with Gasteiger partial charge in [-0.3, -0.25) is 4.90 Å². The van der Waals surface area contributed by atoms with Gasteiger partial charge in [-0.25, -0.2) is 0 Å². The molecule has 7 heteroatoms. The number of rotatable bonds is 3. The van der Waals surface area contributed by atoms with E-state index in [2.05, 4.69) is 4.90 Å². The average molecular weight is 425 g/mol. The zero-order valence-corrected chi connectivity index (χ0v) is 16.1. The van der Waals surface area contributed by atoms with Crippen LogP contribution in [-0.2, 0) is 18.9 Å². The van der Waals surface area contributed by atoms with Crippen molar-refractivity contribution in [3.63, 3.8) is 0 Å².